The van der Waals surface area contributed by atoms with Gasteiger partial charge in [0.25, 0.3) is 13.4 Å². The van der Waals surface area contributed by atoms with E-state index in [9.17, 15) is 0 Å². The molecule has 0 fully saturated rings. The molecule has 4 aliphatic heterocycles. The molecule has 4 aliphatic rings. The molecule has 6 nitrogen and oxygen atoms in total. The van der Waals surface area contributed by atoms with Gasteiger partial charge in [0.05, 0.1) is 17.1 Å². The first-order chi connectivity index (χ1) is 46.2. The molecular formula is C88H84B2N4O2S. The van der Waals surface area contributed by atoms with Gasteiger partial charge in [-0.2, -0.15) is 0 Å². The lowest BCUT2D eigenvalue weighted by molar-refractivity contribution is 0.465. The van der Waals surface area contributed by atoms with E-state index in [0.717, 1.165) is 102 Å². The lowest BCUT2D eigenvalue weighted by Crippen LogP contribution is -2.63. The summed E-state index contributed by atoms with van der Waals surface area (Å²) in [6.45, 7) is 34.0. The van der Waals surface area contributed by atoms with Crippen molar-refractivity contribution in [3.05, 3.63) is 264 Å². The van der Waals surface area contributed by atoms with E-state index in [2.05, 4.69) is 360 Å². The van der Waals surface area contributed by atoms with Crippen LogP contribution in [0.25, 0.3) is 10.1 Å². The van der Waals surface area contributed by atoms with Crippen LogP contribution < -0.4 is 61.2 Å². The average molecular weight is 1280 g/mol. The SMILES string of the molecule is CC(C)(C)c1ccc(N(c2ccc(C(C)(C)C)cc2)c2cc3c4c(c2)Oc2cc5c(cc2B4c2ccccc2O3)B2c3sc4ccccc4c3N(c3ccc(C(C)(C)C)cc3)c3cc(N(c4ccc(C(C)(C)C)cc4)c4ccc(C(C)(C)C)cc4)cc(c32)N5c2ccccc2)cc1. The molecule has 0 spiro atoms. The van der Waals surface area contributed by atoms with Crippen LogP contribution in [0.3, 0.4) is 0 Å². The predicted octanol–water partition coefficient (Wildman–Crippen LogP) is 21.1. The number of benzene rings is 11. The quantitative estimate of drug-likeness (QED) is 0.141. The first-order valence-electron chi connectivity index (χ1n) is 34.5. The van der Waals surface area contributed by atoms with Gasteiger partial charge < -0.3 is 29.1 Å². The maximum absolute atomic E-state index is 7.70. The van der Waals surface area contributed by atoms with Gasteiger partial charge in [-0.1, -0.05) is 225 Å². The molecule has 0 bridgehead atoms. The maximum atomic E-state index is 7.70. The van der Waals surface area contributed by atoms with E-state index in [4.69, 9.17) is 9.47 Å². The lowest BCUT2D eigenvalue weighted by atomic mass is 9.32. The third kappa shape index (κ3) is 10.6. The zero-order valence-electron chi connectivity index (χ0n) is 58.7. The minimum atomic E-state index is -0.205. The molecule has 480 valence electrons. The number of anilines is 12. The van der Waals surface area contributed by atoms with Gasteiger partial charge in [-0.3, -0.25) is 0 Å². The fourth-order valence-corrected chi connectivity index (χ4v) is 16.5. The normalized spacial score (nSPS) is 13.8. The highest BCUT2D eigenvalue weighted by molar-refractivity contribution is 7.33. The van der Waals surface area contributed by atoms with Crippen LogP contribution in [0.4, 0.5) is 68.2 Å². The summed E-state index contributed by atoms with van der Waals surface area (Å²) in [5.74, 6) is 3.23. The molecule has 1 aromatic heterocycles. The van der Waals surface area contributed by atoms with Crippen LogP contribution in [0.5, 0.6) is 23.0 Å². The first kappa shape index (κ1) is 62.1. The van der Waals surface area contributed by atoms with Gasteiger partial charge in [-0.05, 0) is 174 Å². The molecule has 0 N–H and O–H groups in total. The summed E-state index contributed by atoms with van der Waals surface area (Å²) in [4.78, 5) is 9.99. The van der Waals surface area contributed by atoms with Crippen LogP contribution in [-0.2, 0) is 27.1 Å². The molecule has 16 rings (SSSR count). The van der Waals surface area contributed by atoms with Gasteiger partial charge in [0.1, 0.15) is 23.0 Å². The number of thiophene rings is 1. The second kappa shape index (κ2) is 22.4. The number of para-hydroxylation sites is 2. The standard InChI is InChI=1S/C88H84B2N4O2S/c1-84(2,3)55-29-39-61(40-30-55)91(62-41-31-56(32-42-62)85(4,5)6)66-49-73-80-74(50-66)94(65-47-37-59(38-48-65)88(13,14)15)82-68-25-19-22-28-79(68)97-83(82)90(80)70-53-71-76(54-72(70)93(73)60-23-17-16-18-24-60)96-78-52-67(51-77-81(78)89(71)69-26-20-21-27-75(69)95-77)92(63-43-33-57(34-44-63)86(7,8)9)64-45-35-58(36-46-64)87(10,11)12/h16-54H,1-15H3. The highest BCUT2D eigenvalue weighted by atomic mass is 32.1. The molecule has 9 heteroatoms. The molecule has 0 atom stereocenters. The fourth-order valence-electron chi connectivity index (χ4n) is 15.2. The zero-order chi connectivity index (χ0) is 67.4. The third-order valence-electron chi connectivity index (χ3n) is 20.5. The van der Waals surface area contributed by atoms with E-state index >= 15 is 0 Å². The van der Waals surface area contributed by atoms with Gasteiger partial charge >= 0.3 is 0 Å². The Morgan fingerprint density at radius 2 is 0.722 bits per heavy atom. The summed E-state index contributed by atoms with van der Waals surface area (Å²) >= 11 is 1.93. The van der Waals surface area contributed by atoms with Crippen LogP contribution in [0.1, 0.15) is 132 Å². The Balaban J connectivity index is 0.963. The van der Waals surface area contributed by atoms with Crippen LogP contribution in [-0.4, -0.2) is 13.4 Å². The Bertz CT molecular complexity index is 4950. The van der Waals surface area contributed by atoms with Crippen molar-refractivity contribution < 1.29 is 9.47 Å². The fraction of sp³-hybridized carbons (Fsp3) is 0.227. The van der Waals surface area contributed by atoms with Gasteiger partial charge in [-0.25, -0.2) is 0 Å². The number of ether oxygens (including phenoxy) is 2. The number of hydrogen-bond donors (Lipinski definition) is 0. The van der Waals surface area contributed by atoms with Gasteiger partial charge in [0.2, 0.25) is 0 Å². The molecule has 0 saturated heterocycles. The van der Waals surface area contributed by atoms with Crippen LogP contribution in [0.15, 0.2) is 237 Å². The summed E-state index contributed by atoms with van der Waals surface area (Å²) in [6.07, 6.45) is 0. The molecule has 5 heterocycles. The highest BCUT2D eigenvalue weighted by Gasteiger charge is 2.49. The lowest BCUT2D eigenvalue weighted by Gasteiger charge is -2.45. The van der Waals surface area contributed by atoms with Crippen LogP contribution in [0, 0.1) is 0 Å². The van der Waals surface area contributed by atoms with E-state index in [-0.39, 0.29) is 40.5 Å². The number of fused-ring (bicyclic) bond motifs is 10. The molecule has 0 aliphatic carbocycles. The first-order valence-corrected chi connectivity index (χ1v) is 35.3. The third-order valence-corrected chi connectivity index (χ3v) is 21.8. The van der Waals surface area contributed by atoms with Gasteiger partial charge in [0, 0.05) is 89.7 Å². The summed E-state index contributed by atoms with van der Waals surface area (Å²) in [5, 5.41) is 1.23. The summed E-state index contributed by atoms with van der Waals surface area (Å²) in [5.41, 5.74) is 25.0. The molecule has 12 aromatic rings. The maximum Gasteiger partial charge on any atom is 0.264 e. The van der Waals surface area contributed by atoms with Gasteiger partial charge in [-0.15, -0.1) is 11.3 Å². The predicted molar refractivity (Wildman–Crippen MR) is 416 cm³/mol. The van der Waals surface area contributed by atoms with Crippen molar-refractivity contribution in [1.82, 2.24) is 0 Å². The number of hydrogen-bond acceptors (Lipinski definition) is 7. The van der Waals surface area contributed by atoms with Gasteiger partial charge in [0.15, 0.2) is 0 Å². The number of rotatable bonds is 8. The van der Waals surface area contributed by atoms with E-state index in [1.807, 2.05) is 11.3 Å². The van der Waals surface area contributed by atoms with Crippen LogP contribution in [0.2, 0.25) is 0 Å². The Hall–Kier alpha value is -9.69. The monoisotopic (exact) mass is 1280 g/mol. The average Bonchev–Trinajstić information content (AvgIpc) is 1.68. The van der Waals surface area contributed by atoms with Crippen molar-refractivity contribution >= 4 is 135 Å². The smallest absolute Gasteiger partial charge is 0.264 e. The Kier molecular flexibility index (Phi) is 14.4. The minimum absolute atomic E-state index is 0.0122. The highest BCUT2D eigenvalue weighted by Crippen LogP contribution is 2.53. The second-order valence-electron chi connectivity index (χ2n) is 32.3. The summed E-state index contributed by atoms with van der Waals surface area (Å²) in [7, 11) is 0. The van der Waals surface area contributed by atoms with Crippen molar-refractivity contribution in [3.63, 3.8) is 0 Å². The Morgan fingerprint density at radius 3 is 1.22 bits per heavy atom. The van der Waals surface area contributed by atoms with E-state index in [1.165, 1.54) is 59.3 Å². The molecule has 0 unspecified atom stereocenters. The topological polar surface area (TPSA) is 31.4 Å². The Labute approximate surface area is 579 Å². The van der Waals surface area contributed by atoms with Crippen molar-refractivity contribution in [3.8, 4) is 23.0 Å². The summed E-state index contributed by atoms with van der Waals surface area (Å²) in [6, 6.07) is 89.2. The largest absolute Gasteiger partial charge is 0.458 e. The minimum Gasteiger partial charge on any atom is -0.458 e. The van der Waals surface area contributed by atoms with Crippen molar-refractivity contribution in [2.75, 3.05) is 19.6 Å². The molecule has 0 radical (unpaired) electrons. The number of nitrogens with zero attached hydrogens (tertiary/aromatic N) is 4. The van der Waals surface area contributed by atoms with E-state index in [0.29, 0.717) is 0 Å². The molecule has 0 amide bonds. The Morgan fingerprint density at radius 1 is 0.309 bits per heavy atom. The second-order valence-corrected chi connectivity index (χ2v) is 33.4. The molecular weight excluding hydrogens is 1200 g/mol. The van der Waals surface area contributed by atoms with Crippen molar-refractivity contribution in [2.45, 2.75) is 131 Å². The molecule has 0 saturated carbocycles. The zero-order valence-corrected chi connectivity index (χ0v) is 59.5. The summed E-state index contributed by atoms with van der Waals surface area (Å²) < 4.78 is 17.5. The van der Waals surface area contributed by atoms with Crippen LogP contribution >= 0.6 is 11.3 Å². The van der Waals surface area contributed by atoms with Crippen molar-refractivity contribution in [1.29, 1.82) is 0 Å². The molecule has 11 aromatic carbocycles. The van der Waals surface area contributed by atoms with Crippen molar-refractivity contribution in [2.24, 2.45) is 0 Å². The molecule has 97 heavy (non-hydrogen) atoms. The van der Waals surface area contributed by atoms with E-state index < -0.39 is 0 Å². The van der Waals surface area contributed by atoms with E-state index in [1.54, 1.807) is 0 Å².